The fourth-order valence-electron chi connectivity index (χ4n) is 2.35. The molecule has 1 aromatic carbocycles. The number of fused-ring (bicyclic) bond motifs is 1. The van der Waals surface area contributed by atoms with Crippen LogP contribution >= 0.6 is 11.6 Å². The average molecular weight is 304 g/mol. The van der Waals surface area contributed by atoms with Gasteiger partial charge in [-0.15, -0.1) is 5.10 Å². The summed E-state index contributed by atoms with van der Waals surface area (Å²) in [6, 6.07) is 8.72. The van der Waals surface area contributed by atoms with Gasteiger partial charge in [-0.05, 0) is 35.9 Å². The van der Waals surface area contributed by atoms with Gasteiger partial charge in [-0.2, -0.15) is 5.10 Å². The second-order valence-electron chi connectivity index (χ2n) is 4.83. The van der Waals surface area contributed by atoms with Crippen LogP contribution < -0.4 is 11.3 Å². The number of hydrogen-bond acceptors (Lipinski definition) is 5. The van der Waals surface area contributed by atoms with Gasteiger partial charge in [-0.25, -0.2) is 5.84 Å². The Labute approximate surface area is 126 Å². The smallest absolute Gasteiger partial charge is 0.254 e. The summed E-state index contributed by atoms with van der Waals surface area (Å²) in [5.74, 6) is 5.81. The Morgan fingerprint density at radius 1 is 1.29 bits per heavy atom. The number of hydrogen-bond donors (Lipinski definition) is 2. The lowest BCUT2D eigenvalue weighted by molar-refractivity contribution is 0.0733. The number of carbonyl (C=O) groups excluding carboxylic acids is 1. The van der Waals surface area contributed by atoms with E-state index in [1.54, 1.807) is 29.2 Å². The third-order valence-corrected chi connectivity index (χ3v) is 3.72. The highest BCUT2D eigenvalue weighted by Gasteiger charge is 2.23. The van der Waals surface area contributed by atoms with E-state index >= 15 is 0 Å². The summed E-state index contributed by atoms with van der Waals surface area (Å²) in [6.07, 6.45) is 0.687. The number of carbonyl (C=O) groups is 1. The zero-order chi connectivity index (χ0) is 14.8. The second kappa shape index (κ2) is 5.67. The van der Waals surface area contributed by atoms with Gasteiger partial charge in [0.05, 0.1) is 5.69 Å². The molecule has 0 bridgehead atoms. The number of benzene rings is 1. The van der Waals surface area contributed by atoms with E-state index in [1.165, 1.54) is 0 Å². The van der Waals surface area contributed by atoms with Crippen molar-refractivity contribution in [3.63, 3.8) is 0 Å². The molecule has 0 spiro atoms. The van der Waals surface area contributed by atoms with Crippen molar-refractivity contribution in [1.82, 2.24) is 15.1 Å². The molecule has 0 atom stereocenters. The third kappa shape index (κ3) is 2.81. The lowest BCUT2D eigenvalue weighted by atomic mass is 10.1. The molecule has 0 fully saturated rings. The summed E-state index contributed by atoms with van der Waals surface area (Å²) in [4.78, 5) is 14.3. The SMILES string of the molecule is NNc1cc2c(nn1)CCN(C(=O)c1ccc(Cl)cc1)C2. The van der Waals surface area contributed by atoms with Gasteiger partial charge in [0.15, 0.2) is 5.82 Å². The van der Waals surface area contributed by atoms with E-state index in [2.05, 4.69) is 15.6 Å². The standard InChI is InChI=1S/C14H14ClN5O/c15-11-3-1-9(2-4-11)14(21)20-6-5-12-10(8-20)7-13(17-16)19-18-12/h1-4,7H,5-6,8,16H2,(H,17,19). The van der Waals surface area contributed by atoms with Crippen LogP contribution in [0.15, 0.2) is 30.3 Å². The van der Waals surface area contributed by atoms with Crippen LogP contribution in [0.5, 0.6) is 0 Å². The zero-order valence-corrected chi connectivity index (χ0v) is 12.0. The summed E-state index contributed by atoms with van der Waals surface area (Å²) < 4.78 is 0. The maximum atomic E-state index is 12.5. The summed E-state index contributed by atoms with van der Waals surface area (Å²) in [7, 11) is 0. The van der Waals surface area contributed by atoms with Crippen molar-refractivity contribution in [2.75, 3.05) is 12.0 Å². The number of nitrogens with zero attached hydrogens (tertiary/aromatic N) is 3. The van der Waals surface area contributed by atoms with Gasteiger partial charge in [0.2, 0.25) is 0 Å². The lowest BCUT2D eigenvalue weighted by Crippen LogP contribution is -2.36. The molecule has 0 radical (unpaired) electrons. The first-order valence-corrected chi connectivity index (χ1v) is 6.92. The van der Waals surface area contributed by atoms with Gasteiger partial charge in [0.1, 0.15) is 0 Å². The number of aromatic nitrogens is 2. The van der Waals surface area contributed by atoms with Crippen molar-refractivity contribution >= 4 is 23.3 Å². The first-order chi connectivity index (χ1) is 10.2. The molecule has 0 saturated heterocycles. The Hall–Kier alpha value is -2.18. The molecule has 3 rings (SSSR count). The minimum absolute atomic E-state index is 0.0172. The van der Waals surface area contributed by atoms with Crippen LogP contribution in [-0.2, 0) is 13.0 Å². The Morgan fingerprint density at radius 2 is 2.05 bits per heavy atom. The maximum absolute atomic E-state index is 12.5. The molecule has 1 aliphatic rings. The summed E-state index contributed by atoms with van der Waals surface area (Å²) >= 11 is 5.84. The van der Waals surface area contributed by atoms with E-state index in [9.17, 15) is 4.79 Å². The Kier molecular flexibility index (Phi) is 3.72. The Morgan fingerprint density at radius 3 is 2.76 bits per heavy atom. The molecule has 21 heavy (non-hydrogen) atoms. The van der Waals surface area contributed by atoms with Gasteiger partial charge in [0.25, 0.3) is 5.91 Å². The number of halogens is 1. The number of nitrogens with one attached hydrogen (secondary N) is 1. The highest BCUT2D eigenvalue weighted by Crippen LogP contribution is 2.21. The number of hydrazine groups is 1. The molecule has 108 valence electrons. The Balaban J connectivity index is 1.81. The van der Waals surface area contributed by atoms with E-state index in [1.807, 2.05) is 6.07 Å². The van der Waals surface area contributed by atoms with Gasteiger partial charge in [-0.1, -0.05) is 11.6 Å². The molecule has 0 aliphatic carbocycles. The number of nitrogen functional groups attached to an aromatic ring is 1. The summed E-state index contributed by atoms with van der Waals surface area (Å²) in [5, 5.41) is 8.68. The van der Waals surface area contributed by atoms with Crippen LogP contribution in [0.25, 0.3) is 0 Å². The largest absolute Gasteiger partial charge is 0.334 e. The quantitative estimate of drug-likeness (QED) is 0.650. The first kappa shape index (κ1) is 13.8. The molecule has 2 heterocycles. The van der Waals surface area contributed by atoms with Crippen molar-refractivity contribution in [2.45, 2.75) is 13.0 Å². The van der Waals surface area contributed by atoms with Crippen molar-refractivity contribution in [3.05, 3.63) is 52.2 Å². The molecule has 1 aromatic heterocycles. The monoisotopic (exact) mass is 303 g/mol. The van der Waals surface area contributed by atoms with E-state index < -0.39 is 0 Å². The molecule has 3 N–H and O–H groups in total. The van der Waals surface area contributed by atoms with Crippen LogP contribution in [0.3, 0.4) is 0 Å². The number of rotatable bonds is 2. The molecule has 2 aromatic rings. The average Bonchev–Trinajstić information content (AvgIpc) is 2.53. The zero-order valence-electron chi connectivity index (χ0n) is 11.2. The molecule has 0 saturated carbocycles. The van der Waals surface area contributed by atoms with Crippen LogP contribution in [0.1, 0.15) is 21.6 Å². The molecular formula is C14H14ClN5O. The molecule has 0 unspecified atom stereocenters. The van der Waals surface area contributed by atoms with Crippen LogP contribution in [-0.4, -0.2) is 27.5 Å². The fourth-order valence-corrected chi connectivity index (χ4v) is 2.47. The van der Waals surface area contributed by atoms with Gasteiger partial charge >= 0.3 is 0 Å². The van der Waals surface area contributed by atoms with Crippen LogP contribution in [0, 0.1) is 0 Å². The predicted octanol–water partition coefficient (Wildman–Crippen LogP) is 1.61. The topological polar surface area (TPSA) is 84.1 Å². The van der Waals surface area contributed by atoms with Crippen molar-refractivity contribution in [2.24, 2.45) is 5.84 Å². The minimum atomic E-state index is -0.0172. The molecule has 7 heteroatoms. The van der Waals surface area contributed by atoms with E-state index in [4.69, 9.17) is 17.4 Å². The minimum Gasteiger partial charge on any atom is -0.334 e. The van der Waals surface area contributed by atoms with Crippen LogP contribution in [0.2, 0.25) is 5.02 Å². The van der Waals surface area contributed by atoms with Gasteiger partial charge in [-0.3, -0.25) is 4.79 Å². The van der Waals surface area contributed by atoms with E-state index in [0.29, 0.717) is 35.9 Å². The second-order valence-corrected chi connectivity index (χ2v) is 5.27. The van der Waals surface area contributed by atoms with Crippen molar-refractivity contribution < 1.29 is 4.79 Å². The molecule has 6 nitrogen and oxygen atoms in total. The predicted molar refractivity (Wildman–Crippen MR) is 79.7 cm³/mol. The van der Waals surface area contributed by atoms with Gasteiger partial charge < -0.3 is 10.3 Å². The van der Waals surface area contributed by atoms with Crippen LogP contribution in [0.4, 0.5) is 5.82 Å². The molecule has 1 amide bonds. The third-order valence-electron chi connectivity index (χ3n) is 3.47. The van der Waals surface area contributed by atoms with E-state index in [0.717, 1.165) is 11.3 Å². The van der Waals surface area contributed by atoms with Crippen molar-refractivity contribution in [1.29, 1.82) is 0 Å². The molecule has 1 aliphatic heterocycles. The highest BCUT2D eigenvalue weighted by molar-refractivity contribution is 6.30. The number of nitrogens with two attached hydrogens (primary N) is 1. The summed E-state index contributed by atoms with van der Waals surface area (Å²) in [5.41, 5.74) is 4.97. The van der Waals surface area contributed by atoms with E-state index in [-0.39, 0.29) is 5.91 Å². The number of amides is 1. The Bertz CT molecular complexity index is 674. The molecular weight excluding hydrogens is 290 g/mol. The lowest BCUT2D eigenvalue weighted by Gasteiger charge is -2.28. The summed E-state index contributed by atoms with van der Waals surface area (Å²) in [6.45, 7) is 1.12. The number of anilines is 1. The highest BCUT2D eigenvalue weighted by atomic mass is 35.5. The fraction of sp³-hybridized carbons (Fsp3) is 0.214. The normalized spacial score (nSPS) is 13.7. The van der Waals surface area contributed by atoms with Crippen molar-refractivity contribution in [3.8, 4) is 0 Å². The first-order valence-electron chi connectivity index (χ1n) is 6.54. The maximum Gasteiger partial charge on any atom is 0.254 e. The van der Waals surface area contributed by atoms with Gasteiger partial charge in [0, 0.05) is 30.1 Å².